The monoisotopic (exact) mass is 425 g/mol. The lowest BCUT2D eigenvalue weighted by molar-refractivity contribution is 0.0999. The van der Waals surface area contributed by atoms with Crippen molar-refractivity contribution in [2.45, 2.75) is 0 Å². The summed E-state index contributed by atoms with van der Waals surface area (Å²) in [6.45, 7) is 0.0762. The van der Waals surface area contributed by atoms with Gasteiger partial charge in [-0.05, 0) is 12.1 Å². The van der Waals surface area contributed by atoms with Gasteiger partial charge in [0.05, 0.1) is 19.7 Å². The number of methoxy groups -OCH3 is 1. The van der Waals surface area contributed by atoms with Crippen LogP contribution in [0.1, 0.15) is 10.4 Å². The second-order valence-corrected chi connectivity index (χ2v) is 10.2. The highest BCUT2D eigenvalue weighted by atomic mass is 31.2. The maximum Gasteiger partial charge on any atom is 0.187 e. The Morgan fingerprint density at radius 2 is 1.10 bits per heavy atom. The smallest absolute Gasteiger partial charge is 0.187 e. The molecule has 0 spiro atoms. The zero-order valence-corrected chi connectivity index (χ0v) is 18.3. The first-order valence-corrected chi connectivity index (χ1v) is 11.9. The van der Waals surface area contributed by atoms with Crippen molar-refractivity contribution in [2.24, 2.45) is 4.74 Å². The number of nitrogens with zero attached hydrogens (tertiary/aromatic N) is 1. The van der Waals surface area contributed by atoms with E-state index in [0.29, 0.717) is 11.3 Å². The first-order chi connectivity index (χ1) is 15.3. The molecule has 4 aromatic rings. The Morgan fingerprint density at radius 3 is 1.55 bits per heavy atom. The molecule has 0 radical (unpaired) electrons. The van der Waals surface area contributed by atoms with Crippen molar-refractivity contribution in [2.75, 3.05) is 13.7 Å². The van der Waals surface area contributed by atoms with Crippen molar-refractivity contribution >= 4 is 28.8 Å². The van der Waals surface area contributed by atoms with Crippen LogP contribution in [-0.2, 0) is 0 Å². The third-order valence-corrected chi connectivity index (χ3v) is 8.93. The van der Waals surface area contributed by atoms with Gasteiger partial charge in [0, 0.05) is 15.9 Å². The lowest BCUT2D eigenvalue weighted by Gasteiger charge is -2.27. The molecule has 154 valence electrons. The van der Waals surface area contributed by atoms with E-state index >= 15 is 0 Å². The Labute approximate surface area is 183 Å². The molecule has 0 atom stereocenters. The molecule has 31 heavy (non-hydrogen) atoms. The Hall–Kier alpha value is -3.42. The summed E-state index contributed by atoms with van der Waals surface area (Å²) in [4.78, 5) is 13.2. The zero-order chi connectivity index (χ0) is 21.5. The van der Waals surface area contributed by atoms with Crippen LogP contribution in [0.15, 0.2) is 120 Å². The molecule has 0 aliphatic heterocycles. The van der Waals surface area contributed by atoms with Crippen LogP contribution >= 0.6 is 7.05 Å². The predicted octanol–water partition coefficient (Wildman–Crippen LogP) is 5.06. The van der Waals surface area contributed by atoms with E-state index in [9.17, 15) is 4.79 Å². The number of Topliss-reactive ketones (excluding diaryl/α,β-unsaturated/α-hetero) is 1. The fourth-order valence-electron chi connectivity index (χ4n) is 3.75. The van der Waals surface area contributed by atoms with Gasteiger partial charge in [-0.15, -0.1) is 0 Å². The summed E-state index contributed by atoms with van der Waals surface area (Å²) >= 11 is 0. The predicted molar refractivity (Wildman–Crippen MR) is 130 cm³/mol. The van der Waals surface area contributed by atoms with E-state index < -0.39 is 7.05 Å². The number of ether oxygens (including phenoxy) is 1. The van der Waals surface area contributed by atoms with Crippen molar-refractivity contribution in [3.8, 4) is 5.75 Å². The van der Waals surface area contributed by atoms with Crippen LogP contribution in [0.3, 0.4) is 0 Å². The third kappa shape index (κ3) is 4.23. The summed E-state index contributed by atoms with van der Waals surface area (Å²) in [6, 6.07) is 38.2. The van der Waals surface area contributed by atoms with Crippen LogP contribution in [0.5, 0.6) is 5.75 Å². The molecule has 0 fully saturated rings. The minimum atomic E-state index is -2.39. The number of benzene rings is 4. The van der Waals surface area contributed by atoms with Gasteiger partial charge < -0.3 is 4.74 Å². The van der Waals surface area contributed by atoms with Crippen LogP contribution in [-0.4, -0.2) is 19.4 Å². The van der Waals surface area contributed by atoms with Crippen LogP contribution in [0.4, 0.5) is 0 Å². The highest BCUT2D eigenvalue weighted by Gasteiger charge is 2.27. The molecule has 0 aromatic heterocycles. The number of rotatable bonds is 7. The maximum absolute atomic E-state index is 13.2. The molecule has 0 saturated carbocycles. The van der Waals surface area contributed by atoms with Crippen LogP contribution in [0, 0.1) is 0 Å². The van der Waals surface area contributed by atoms with Gasteiger partial charge >= 0.3 is 0 Å². The van der Waals surface area contributed by atoms with Crippen LogP contribution < -0.4 is 20.7 Å². The molecule has 4 rings (SSSR count). The van der Waals surface area contributed by atoms with Crippen molar-refractivity contribution in [3.63, 3.8) is 0 Å². The van der Waals surface area contributed by atoms with Gasteiger partial charge in [0.25, 0.3) is 0 Å². The van der Waals surface area contributed by atoms with Gasteiger partial charge in [-0.3, -0.25) is 9.54 Å². The minimum absolute atomic E-state index is 0.0513. The number of hydrogen-bond acceptors (Lipinski definition) is 3. The Bertz CT molecular complexity index is 1100. The fourth-order valence-corrected chi connectivity index (χ4v) is 7.29. The van der Waals surface area contributed by atoms with Crippen molar-refractivity contribution in [1.82, 2.24) is 0 Å². The standard InChI is InChI=1S/C27H24NO2P/c1-30-27-20-12-11-19-25(27)26(29)21-28-31(22-13-5-2-6-14-22,23-15-7-3-8-16-23)24-17-9-4-10-18-24/h2-20H,21H2,1H3. The molecule has 0 unspecified atom stereocenters. The summed E-state index contributed by atoms with van der Waals surface area (Å²) in [5.41, 5.74) is 0.557. The zero-order valence-electron chi connectivity index (χ0n) is 17.4. The van der Waals surface area contributed by atoms with Gasteiger partial charge in [0.1, 0.15) is 12.3 Å². The van der Waals surface area contributed by atoms with E-state index in [1.807, 2.05) is 66.7 Å². The summed E-state index contributed by atoms with van der Waals surface area (Å²) in [7, 11) is -0.806. The van der Waals surface area contributed by atoms with E-state index in [-0.39, 0.29) is 12.3 Å². The molecule has 4 aromatic carbocycles. The lowest BCUT2D eigenvalue weighted by Crippen LogP contribution is -2.26. The quantitative estimate of drug-likeness (QED) is 0.307. The van der Waals surface area contributed by atoms with Gasteiger partial charge in [0.15, 0.2) is 5.78 Å². The topological polar surface area (TPSA) is 38.7 Å². The van der Waals surface area contributed by atoms with Gasteiger partial charge in [-0.25, -0.2) is 0 Å². The van der Waals surface area contributed by atoms with E-state index in [0.717, 1.165) is 15.9 Å². The van der Waals surface area contributed by atoms with E-state index in [1.165, 1.54) is 0 Å². The van der Waals surface area contributed by atoms with E-state index in [1.54, 1.807) is 19.2 Å². The van der Waals surface area contributed by atoms with Gasteiger partial charge in [-0.1, -0.05) is 103 Å². The van der Waals surface area contributed by atoms with Crippen molar-refractivity contribution in [3.05, 3.63) is 121 Å². The highest BCUT2D eigenvalue weighted by molar-refractivity contribution is 7.87. The van der Waals surface area contributed by atoms with Crippen LogP contribution in [0.25, 0.3) is 0 Å². The molecule has 0 aliphatic carbocycles. The minimum Gasteiger partial charge on any atom is -0.496 e. The molecular formula is C27H24NO2P. The number of para-hydroxylation sites is 1. The molecule has 0 N–H and O–H groups in total. The Kier molecular flexibility index (Phi) is 6.45. The molecule has 4 heteroatoms. The summed E-state index contributed by atoms with van der Waals surface area (Å²) in [6.07, 6.45) is 0. The number of ketones is 1. The van der Waals surface area contributed by atoms with E-state index in [2.05, 4.69) is 36.4 Å². The molecule has 0 aliphatic rings. The van der Waals surface area contributed by atoms with E-state index in [4.69, 9.17) is 9.48 Å². The SMILES string of the molecule is COc1ccccc1C(=O)CN=P(c1ccccc1)(c1ccccc1)c1ccccc1. The highest BCUT2D eigenvalue weighted by Crippen LogP contribution is 2.46. The Morgan fingerprint density at radius 1 is 0.677 bits per heavy atom. The average molecular weight is 425 g/mol. The third-order valence-electron chi connectivity index (χ3n) is 5.22. The largest absolute Gasteiger partial charge is 0.496 e. The molecule has 3 nitrogen and oxygen atoms in total. The first kappa shape index (κ1) is 20.8. The fraction of sp³-hybridized carbons (Fsp3) is 0.0741. The van der Waals surface area contributed by atoms with Crippen LogP contribution in [0.2, 0.25) is 0 Å². The maximum atomic E-state index is 13.2. The molecule has 0 bridgehead atoms. The van der Waals surface area contributed by atoms with Crippen molar-refractivity contribution < 1.29 is 9.53 Å². The molecule has 0 amide bonds. The van der Waals surface area contributed by atoms with Gasteiger partial charge in [-0.2, -0.15) is 0 Å². The summed E-state index contributed by atoms with van der Waals surface area (Å²) in [5.74, 6) is 0.524. The average Bonchev–Trinajstić information content (AvgIpc) is 2.86. The number of carbonyl (C=O) groups excluding carboxylic acids is 1. The Balaban J connectivity index is 1.93. The second kappa shape index (κ2) is 9.59. The summed E-state index contributed by atoms with van der Waals surface area (Å²) < 4.78 is 10.6. The number of carbonyl (C=O) groups is 1. The summed E-state index contributed by atoms with van der Waals surface area (Å²) in [5, 5.41) is 3.38. The molecular weight excluding hydrogens is 401 g/mol. The second-order valence-electron chi connectivity index (χ2n) is 7.07. The normalized spacial score (nSPS) is 11.0. The van der Waals surface area contributed by atoms with Gasteiger partial charge in [0.2, 0.25) is 0 Å². The first-order valence-electron chi connectivity index (χ1n) is 10.2. The number of hydrogen-bond donors (Lipinski definition) is 0. The molecule has 0 heterocycles. The molecule has 0 saturated heterocycles. The lowest BCUT2D eigenvalue weighted by atomic mass is 10.1. The van der Waals surface area contributed by atoms with Crippen molar-refractivity contribution in [1.29, 1.82) is 0 Å².